The van der Waals surface area contributed by atoms with Crippen LogP contribution < -0.4 is 11.1 Å². The zero-order valence-electron chi connectivity index (χ0n) is 11.9. The molecule has 2 amide bonds. The molecule has 0 spiro atoms. The van der Waals surface area contributed by atoms with Gasteiger partial charge in [-0.2, -0.15) is 0 Å². The van der Waals surface area contributed by atoms with Crippen LogP contribution in [0.5, 0.6) is 0 Å². The molecular formula is C14H15Cl2N3O2S. The summed E-state index contributed by atoms with van der Waals surface area (Å²) in [5.74, 6) is 0.384. The smallest absolute Gasteiger partial charge is 0.248 e. The molecule has 2 aliphatic rings. The summed E-state index contributed by atoms with van der Waals surface area (Å²) in [5, 5.41) is 3.34. The Morgan fingerprint density at radius 3 is 2.73 bits per heavy atom. The monoisotopic (exact) mass is 359 g/mol. The van der Waals surface area contributed by atoms with Crippen LogP contribution in [0.3, 0.4) is 0 Å². The van der Waals surface area contributed by atoms with E-state index < -0.39 is 6.04 Å². The van der Waals surface area contributed by atoms with Crippen molar-refractivity contribution in [2.45, 2.75) is 30.7 Å². The van der Waals surface area contributed by atoms with E-state index in [-0.39, 0.29) is 32.4 Å². The van der Waals surface area contributed by atoms with Crippen LogP contribution in [0.15, 0.2) is 12.1 Å². The van der Waals surface area contributed by atoms with Gasteiger partial charge in [0.25, 0.3) is 0 Å². The van der Waals surface area contributed by atoms with E-state index in [1.54, 1.807) is 28.8 Å². The normalized spacial score (nSPS) is 27.1. The number of nitrogens with two attached hydrogens (primary N) is 1. The first-order chi connectivity index (χ1) is 10.3. The summed E-state index contributed by atoms with van der Waals surface area (Å²) >= 11 is 13.6. The maximum Gasteiger partial charge on any atom is 0.248 e. The number of carbonyl (C=O) groups excluding carboxylic acids is 2. The number of nitrogen functional groups attached to an aromatic ring is 1. The number of hydrogen-bond donors (Lipinski definition) is 2. The molecule has 2 saturated heterocycles. The number of rotatable bonds is 2. The van der Waals surface area contributed by atoms with Gasteiger partial charge in [0.15, 0.2) is 0 Å². The molecule has 2 fully saturated rings. The van der Waals surface area contributed by atoms with Crippen molar-refractivity contribution in [3.05, 3.63) is 22.2 Å². The van der Waals surface area contributed by atoms with Gasteiger partial charge in [-0.25, -0.2) is 0 Å². The molecule has 5 nitrogen and oxygen atoms in total. The molecule has 0 saturated carbocycles. The largest absolute Gasteiger partial charge is 0.396 e. The van der Waals surface area contributed by atoms with Crippen LogP contribution in [0.1, 0.15) is 19.8 Å². The van der Waals surface area contributed by atoms with E-state index in [1.165, 1.54) is 0 Å². The second kappa shape index (κ2) is 5.51. The molecule has 0 aliphatic carbocycles. The minimum absolute atomic E-state index is 0.0287. The van der Waals surface area contributed by atoms with Gasteiger partial charge >= 0.3 is 0 Å². The molecule has 1 aromatic rings. The lowest BCUT2D eigenvalue weighted by atomic mass is 10.2. The average molecular weight is 360 g/mol. The van der Waals surface area contributed by atoms with Crippen LogP contribution >= 0.6 is 35.0 Å². The van der Waals surface area contributed by atoms with Crippen molar-refractivity contribution >= 4 is 58.2 Å². The van der Waals surface area contributed by atoms with E-state index in [1.807, 2.05) is 6.92 Å². The molecule has 0 unspecified atom stereocenters. The summed E-state index contributed by atoms with van der Waals surface area (Å²) in [6.45, 7) is 2.01. The zero-order valence-corrected chi connectivity index (χ0v) is 14.2. The molecule has 0 radical (unpaired) electrons. The van der Waals surface area contributed by atoms with Gasteiger partial charge in [0.2, 0.25) is 11.8 Å². The zero-order chi connectivity index (χ0) is 16.1. The number of carbonyl (C=O) groups is 2. The first kappa shape index (κ1) is 15.8. The van der Waals surface area contributed by atoms with Crippen molar-refractivity contribution in [1.29, 1.82) is 0 Å². The number of fused-ring (bicyclic) bond motifs is 1. The van der Waals surface area contributed by atoms with Crippen molar-refractivity contribution in [2.75, 3.05) is 16.8 Å². The molecule has 118 valence electrons. The third kappa shape index (κ3) is 2.53. The molecule has 1 aromatic carbocycles. The summed E-state index contributed by atoms with van der Waals surface area (Å²) in [6, 6.07) is 2.63. The highest BCUT2D eigenvalue weighted by molar-refractivity contribution is 8.01. The summed E-state index contributed by atoms with van der Waals surface area (Å²) in [6.07, 6.45) is 1.27. The Hall–Kier alpha value is -1.11. The van der Waals surface area contributed by atoms with Crippen LogP contribution in [0.25, 0.3) is 0 Å². The predicted octanol–water partition coefficient (Wildman–Crippen LogP) is 2.97. The quantitative estimate of drug-likeness (QED) is 0.795. The molecular weight excluding hydrogens is 345 g/mol. The van der Waals surface area contributed by atoms with Gasteiger partial charge in [-0.1, -0.05) is 23.2 Å². The predicted molar refractivity (Wildman–Crippen MR) is 90.2 cm³/mol. The lowest BCUT2D eigenvalue weighted by Gasteiger charge is -2.29. The number of thioether (sulfide) groups is 1. The maximum absolute atomic E-state index is 12.5. The first-order valence-corrected chi connectivity index (χ1v) is 8.57. The molecule has 3 rings (SSSR count). The fourth-order valence-corrected chi connectivity index (χ4v) is 4.82. The Kier molecular flexibility index (Phi) is 3.95. The molecule has 3 N–H and O–H groups in total. The number of anilines is 2. The number of nitrogens with one attached hydrogen (secondary N) is 1. The van der Waals surface area contributed by atoms with E-state index in [0.29, 0.717) is 17.9 Å². The average Bonchev–Trinajstić information content (AvgIpc) is 2.93. The standard InChI is InChI=1S/C14H15Cl2N3O2S/c1-14-3-2-11(20)19(14)10(6-22-14)13(21)18-7-4-8(15)12(17)9(16)5-7/h4-5,10H,2-3,6,17H2,1H3,(H,18,21)/t10-,14-/m0/s1. The van der Waals surface area contributed by atoms with Crippen molar-refractivity contribution in [1.82, 2.24) is 4.90 Å². The molecule has 2 aliphatic heterocycles. The highest BCUT2D eigenvalue weighted by Crippen LogP contribution is 2.47. The Balaban J connectivity index is 1.79. The number of hydrogen-bond acceptors (Lipinski definition) is 4. The number of benzene rings is 1. The Labute approximate surface area is 142 Å². The SMILES string of the molecule is C[C@]12CCC(=O)N1[C@H](C(=O)Nc1cc(Cl)c(N)c(Cl)c1)CS2. The fraction of sp³-hybridized carbons (Fsp3) is 0.429. The van der Waals surface area contributed by atoms with Crippen LogP contribution in [0, 0.1) is 0 Å². The van der Waals surface area contributed by atoms with Crippen LogP contribution in [-0.4, -0.2) is 33.4 Å². The third-order valence-corrected chi connectivity index (χ3v) is 6.22. The summed E-state index contributed by atoms with van der Waals surface area (Å²) in [4.78, 5) is 26.0. The van der Waals surface area contributed by atoms with Gasteiger partial charge in [-0.05, 0) is 25.5 Å². The highest BCUT2D eigenvalue weighted by atomic mass is 35.5. The molecule has 8 heteroatoms. The van der Waals surface area contributed by atoms with Gasteiger partial charge in [0.05, 0.1) is 20.6 Å². The molecule has 0 bridgehead atoms. The Bertz CT molecular complexity index is 646. The fourth-order valence-electron chi connectivity index (χ4n) is 2.90. The Morgan fingerprint density at radius 2 is 2.09 bits per heavy atom. The van der Waals surface area contributed by atoms with E-state index in [0.717, 1.165) is 6.42 Å². The van der Waals surface area contributed by atoms with Crippen molar-refractivity contribution in [3.63, 3.8) is 0 Å². The van der Waals surface area contributed by atoms with Crippen LogP contribution in [0.4, 0.5) is 11.4 Å². The van der Waals surface area contributed by atoms with Crippen molar-refractivity contribution < 1.29 is 9.59 Å². The summed E-state index contributed by atoms with van der Waals surface area (Å²) in [7, 11) is 0. The van der Waals surface area contributed by atoms with Gasteiger partial charge < -0.3 is 16.0 Å². The van der Waals surface area contributed by atoms with E-state index in [9.17, 15) is 9.59 Å². The van der Waals surface area contributed by atoms with E-state index in [4.69, 9.17) is 28.9 Å². The lowest BCUT2D eigenvalue weighted by Crippen LogP contribution is -2.48. The van der Waals surface area contributed by atoms with Gasteiger partial charge in [-0.3, -0.25) is 9.59 Å². The number of halogens is 2. The molecule has 2 atom stereocenters. The second-order valence-corrected chi connectivity index (χ2v) is 7.92. The molecule has 2 heterocycles. The van der Waals surface area contributed by atoms with Crippen molar-refractivity contribution in [3.8, 4) is 0 Å². The number of amides is 2. The minimum Gasteiger partial charge on any atom is -0.396 e. The van der Waals surface area contributed by atoms with E-state index in [2.05, 4.69) is 5.32 Å². The second-order valence-electron chi connectivity index (χ2n) is 5.61. The molecule has 22 heavy (non-hydrogen) atoms. The maximum atomic E-state index is 12.5. The van der Waals surface area contributed by atoms with E-state index >= 15 is 0 Å². The van der Waals surface area contributed by atoms with Gasteiger partial charge in [-0.15, -0.1) is 11.8 Å². The summed E-state index contributed by atoms with van der Waals surface area (Å²) in [5.41, 5.74) is 6.43. The van der Waals surface area contributed by atoms with Crippen LogP contribution in [0.2, 0.25) is 10.0 Å². The third-order valence-electron chi connectivity index (χ3n) is 4.09. The molecule has 0 aromatic heterocycles. The van der Waals surface area contributed by atoms with Crippen LogP contribution in [-0.2, 0) is 9.59 Å². The summed E-state index contributed by atoms with van der Waals surface area (Å²) < 4.78 is 0. The Morgan fingerprint density at radius 1 is 1.45 bits per heavy atom. The lowest BCUT2D eigenvalue weighted by molar-refractivity contribution is -0.135. The van der Waals surface area contributed by atoms with Gasteiger partial charge in [0, 0.05) is 17.9 Å². The minimum atomic E-state index is -0.472. The first-order valence-electron chi connectivity index (χ1n) is 6.83. The number of nitrogens with zero attached hydrogens (tertiary/aromatic N) is 1. The highest BCUT2D eigenvalue weighted by Gasteiger charge is 2.52. The van der Waals surface area contributed by atoms with Crippen molar-refractivity contribution in [2.24, 2.45) is 0 Å². The van der Waals surface area contributed by atoms with Gasteiger partial charge in [0.1, 0.15) is 6.04 Å². The topological polar surface area (TPSA) is 75.4 Å².